The Bertz CT molecular complexity index is 2700. The third-order valence-corrected chi connectivity index (χ3v) is 17.9. The number of guanidine groups is 2. The van der Waals surface area contributed by atoms with E-state index in [9.17, 15) is 57.8 Å². The molecule has 10 amide bonds. The molecule has 0 bridgehead atoms. The van der Waals surface area contributed by atoms with Crippen molar-refractivity contribution in [2.45, 2.75) is 232 Å². The van der Waals surface area contributed by atoms with Crippen LogP contribution in [0.1, 0.15) is 158 Å². The summed E-state index contributed by atoms with van der Waals surface area (Å²) in [5, 5.41) is 61.2. The molecule has 2 aliphatic rings. The molecule has 0 aromatic heterocycles. The van der Waals surface area contributed by atoms with Crippen LogP contribution in [0.2, 0.25) is 0 Å². The summed E-state index contributed by atoms with van der Waals surface area (Å²) in [6.07, 6.45) is 4.49. The molecule has 1 aromatic carbocycles. The number of hydrogen-bond donors (Lipinski definition) is 18. The van der Waals surface area contributed by atoms with E-state index in [4.69, 9.17) is 27.0 Å². The number of cyclic esters (lactones) is 1. The summed E-state index contributed by atoms with van der Waals surface area (Å²) in [7, 11) is 1.63. The number of nitrogens with two attached hydrogens (primary N) is 2. The van der Waals surface area contributed by atoms with E-state index in [0.717, 1.165) is 24.8 Å². The first-order valence-electron chi connectivity index (χ1n) is 33.3. The fraction of sp³-hybridized carbons (Fsp3) is 0.703. The Morgan fingerprint density at radius 2 is 1.04 bits per heavy atom. The van der Waals surface area contributed by atoms with Crippen LogP contribution < -0.4 is 80.6 Å². The molecule has 528 valence electrons. The molecule has 1 heterocycles. The lowest BCUT2D eigenvalue weighted by Gasteiger charge is -2.32. The first kappa shape index (κ1) is 80.1. The highest BCUT2D eigenvalue weighted by Crippen LogP contribution is 2.28. The summed E-state index contributed by atoms with van der Waals surface area (Å²) in [5.74, 6) is -11.9. The van der Waals surface area contributed by atoms with E-state index in [1.807, 2.05) is 44.2 Å². The van der Waals surface area contributed by atoms with E-state index in [2.05, 4.69) is 69.1 Å². The van der Waals surface area contributed by atoms with Crippen LogP contribution in [0.15, 0.2) is 30.3 Å². The molecule has 16 atom stereocenters. The van der Waals surface area contributed by atoms with Gasteiger partial charge in [-0.05, 0) is 101 Å². The van der Waals surface area contributed by atoms with Gasteiger partial charge in [-0.15, -0.1) is 0 Å². The van der Waals surface area contributed by atoms with Crippen LogP contribution in [-0.2, 0) is 63.9 Å². The summed E-state index contributed by atoms with van der Waals surface area (Å²) in [5.41, 5.74) is 12.0. The SMILES string of the molecule is CC[C@@H](C)[C@@H](NC(=O)[C@@H](CCCNC(=N)N)NC(=O)[C@H](CCCNC(=N)N)NC(=O)[C@@H](NC(=O)[C@@H](Cc1ccccc1)NC)[C@@H](C)CC)C(=O)N[C@H](C(=O)N[C@@H](CO)C(=O)N[C@H]1C(=O)N[C@@H](C)C(=O)N[C@@H](C2CCCCC2)C(=O)N[C@@H]([C@@H](C)CC)C(=O)O[C@H]1C)[C@@H](C)CC. The second-order valence-electron chi connectivity index (χ2n) is 25.1. The molecule has 1 saturated carbocycles. The molecule has 0 unspecified atom stereocenters. The fourth-order valence-electron chi connectivity index (χ4n) is 11.0. The van der Waals surface area contributed by atoms with Gasteiger partial charge in [0.2, 0.25) is 59.1 Å². The summed E-state index contributed by atoms with van der Waals surface area (Å²) < 4.78 is 5.80. The number of carbonyl (C=O) groups excluding carboxylic acids is 11. The van der Waals surface area contributed by atoms with Crippen LogP contribution in [0, 0.1) is 40.4 Å². The molecule has 2 fully saturated rings. The van der Waals surface area contributed by atoms with Gasteiger partial charge in [0.1, 0.15) is 66.5 Å². The molecule has 30 nitrogen and oxygen atoms in total. The van der Waals surface area contributed by atoms with E-state index >= 15 is 0 Å². The van der Waals surface area contributed by atoms with Crippen LogP contribution in [-0.4, -0.2) is 181 Å². The van der Waals surface area contributed by atoms with Crippen molar-refractivity contribution in [2.75, 3.05) is 26.7 Å². The van der Waals surface area contributed by atoms with E-state index in [1.54, 1.807) is 48.6 Å². The van der Waals surface area contributed by atoms with Crippen molar-refractivity contribution < 1.29 is 62.6 Å². The molecule has 0 radical (unpaired) electrons. The minimum atomic E-state index is -1.79. The molecule has 1 aromatic rings. The number of benzene rings is 1. The van der Waals surface area contributed by atoms with Crippen LogP contribution >= 0.6 is 0 Å². The van der Waals surface area contributed by atoms with Crippen molar-refractivity contribution in [2.24, 2.45) is 41.1 Å². The van der Waals surface area contributed by atoms with Crippen molar-refractivity contribution in [1.29, 1.82) is 10.8 Å². The summed E-state index contributed by atoms with van der Waals surface area (Å²) in [4.78, 5) is 157. The predicted molar refractivity (Wildman–Crippen MR) is 353 cm³/mol. The molecule has 30 heteroatoms. The summed E-state index contributed by atoms with van der Waals surface area (Å²) >= 11 is 0. The highest BCUT2D eigenvalue weighted by molar-refractivity contribution is 5.99. The Morgan fingerprint density at radius 1 is 0.585 bits per heavy atom. The number of likely N-dealkylation sites (N-methyl/N-ethyl adjacent to an activating group) is 1. The lowest BCUT2D eigenvalue weighted by Crippen LogP contribution is -2.63. The number of aliphatic hydroxyl groups excluding tert-OH is 1. The first-order valence-corrected chi connectivity index (χ1v) is 33.3. The molecule has 1 saturated heterocycles. The Labute approximate surface area is 552 Å². The highest BCUT2D eigenvalue weighted by atomic mass is 16.5. The van der Waals surface area contributed by atoms with Gasteiger partial charge >= 0.3 is 5.97 Å². The number of aliphatic hydroxyl groups is 1. The largest absolute Gasteiger partial charge is 0.458 e. The minimum Gasteiger partial charge on any atom is -0.458 e. The van der Waals surface area contributed by atoms with Crippen molar-refractivity contribution in [3.05, 3.63) is 35.9 Å². The van der Waals surface area contributed by atoms with Gasteiger partial charge in [-0.2, -0.15) is 0 Å². The lowest BCUT2D eigenvalue weighted by atomic mass is 9.83. The van der Waals surface area contributed by atoms with Crippen LogP contribution in [0.3, 0.4) is 0 Å². The lowest BCUT2D eigenvalue weighted by molar-refractivity contribution is -0.157. The summed E-state index contributed by atoms with van der Waals surface area (Å²) in [6.45, 7) is 15.9. The Morgan fingerprint density at radius 3 is 1.51 bits per heavy atom. The monoisotopic (exact) mass is 1320 g/mol. The van der Waals surface area contributed by atoms with Crippen molar-refractivity contribution in [1.82, 2.24) is 69.1 Å². The van der Waals surface area contributed by atoms with E-state index in [0.29, 0.717) is 38.5 Å². The van der Waals surface area contributed by atoms with Gasteiger partial charge in [-0.3, -0.25) is 58.8 Å². The number of ether oxygens (including phenoxy) is 1. The Balaban J connectivity index is 1.94. The van der Waals surface area contributed by atoms with Crippen molar-refractivity contribution >= 4 is 77.0 Å². The normalized spacial score (nSPS) is 21.6. The minimum absolute atomic E-state index is 0.0343. The number of rotatable bonds is 35. The maximum atomic E-state index is 14.7. The van der Waals surface area contributed by atoms with E-state index in [1.165, 1.54) is 13.8 Å². The molecule has 3 rings (SSSR count). The Hall–Kier alpha value is -8.15. The number of esters is 1. The first-order chi connectivity index (χ1) is 44.5. The zero-order valence-corrected chi connectivity index (χ0v) is 56.7. The third kappa shape index (κ3) is 25.6. The van der Waals surface area contributed by atoms with Crippen LogP contribution in [0.4, 0.5) is 0 Å². The third-order valence-electron chi connectivity index (χ3n) is 17.9. The van der Waals surface area contributed by atoms with Crippen molar-refractivity contribution in [3.8, 4) is 0 Å². The standard InChI is InChI=1S/C64H109N17O13/c1-12-34(5)46(77-55(86)44(69-11)32-40-24-18-16-19-25-40)57(88)74-42(28-22-30-70-63(65)66)53(84)73-43(29-23-31-71-64(67)68)54(85)76-48(36(7)14-3)59(90)78-47(35(6)13-2)58(89)75-45(33-82)56(87)80-50-39(10)94-62(93)49(37(8)15-4)79-61(92)51(41-26-20-17-21-27-41)81-52(83)38(9)72-60(50)91/h16,18-19,24-25,34-39,41-51,69,82H,12-15,17,20-23,26-33H2,1-11H3,(H,72,91)(H,73,84)(H,74,88)(H,75,89)(H,76,85)(H,77,86)(H,78,90)(H,79,92)(H,80,87)(H,81,83)(H4,65,66,70)(H4,67,68,71)/t34-,35-,36+,37-,38-,39-,42-,43+,44+,45-,46-,47-,48+,49-,50+,51-/m0/s1. The maximum Gasteiger partial charge on any atom is 0.329 e. The van der Waals surface area contributed by atoms with Crippen molar-refractivity contribution in [3.63, 3.8) is 0 Å². The number of hydrogen-bond acceptors (Lipinski definition) is 16. The topological polar surface area (TPSA) is 473 Å². The average molecular weight is 1320 g/mol. The van der Waals surface area contributed by atoms with Gasteiger partial charge in [0.15, 0.2) is 11.9 Å². The molecule has 0 spiro atoms. The smallest absolute Gasteiger partial charge is 0.329 e. The van der Waals surface area contributed by atoms with Gasteiger partial charge in [0.25, 0.3) is 0 Å². The maximum absolute atomic E-state index is 14.7. The number of nitrogens with one attached hydrogen (secondary N) is 15. The van der Waals surface area contributed by atoms with Crippen LogP contribution in [0.25, 0.3) is 0 Å². The molecule has 94 heavy (non-hydrogen) atoms. The number of carbonyl (C=O) groups is 11. The molecule has 1 aliphatic heterocycles. The summed E-state index contributed by atoms with van der Waals surface area (Å²) in [6, 6.07) is -5.06. The van der Waals surface area contributed by atoms with Gasteiger partial charge in [0.05, 0.1) is 12.6 Å². The van der Waals surface area contributed by atoms with Gasteiger partial charge < -0.3 is 90.4 Å². The van der Waals surface area contributed by atoms with E-state index in [-0.39, 0.29) is 63.0 Å². The zero-order chi connectivity index (χ0) is 70.4. The molecule has 20 N–H and O–H groups in total. The van der Waals surface area contributed by atoms with Crippen LogP contribution in [0.5, 0.6) is 0 Å². The average Bonchev–Trinajstić information content (AvgIpc) is 1.51. The second-order valence-corrected chi connectivity index (χ2v) is 25.1. The molecular weight excluding hydrogens is 1210 g/mol. The Kier molecular flexibility index (Phi) is 34.8. The fourth-order valence-corrected chi connectivity index (χ4v) is 11.0. The van der Waals surface area contributed by atoms with Gasteiger partial charge in [0, 0.05) is 13.1 Å². The highest BCUT2D eigenvalue weighted by Gasteiger charge is 2.42. The van der Waals surface area contributed by atoms with E-state index < -0.39 is 168 Å². The quantitative estimate of drug-likeness (QED) is 0.0166. The predicted octanol–water partition coefficient (Wildman–Crippen LogP) is -1.09. The second kappa shape index (κ2) is 40.8. The molecular formula is C64H109N17O13. The van der Waals surface area contributed by atoms with Gasteiger partial charge in [-0.25, -0.2) is 4.79 Å². The number of amides is 10. The molecule has 1 aliphatic carbocycles. The zero-order valence-electron chi connectivity index (χ0n) is 56.7. The van der Waals surface area contributed by atoms with Gasteiger partial charge in [-0.1, -0.05) is 131 Å².